The van der Waals surface area contributed by atoms with Crippen LogP contribution in [-0.2, 0) is 0 Å². The molecular weight excluding hydrogens is 310 g/mol. The number of hydrogen-bond acceptors (Lipinski definition) is 5. The van der Waals surface area contributed by atoms with Gasteiger partial charge in [-0.2, -0.15) is 0 Å². The first-order chi connectivity index (χ1) is 10.6. The molecule has 0 radical (unpaired) electrons. The molecule has 0 bridgehead atoms. The van der Waals surface area contributed by atoms with E-state index in [-0.39, 0.29) is 10.7 Å². The Morgan fingerprint density at radius 2 is 1.86 bits per heavy atom. The Morgan fingerprint density at radius 3 is 2.64 bits per heavy atom. The van der Waals surface area contributed by atoms with E-state index in [1.807, 2.05) is 0 Å². The molecule has 110 valence electrons. The van der Waals surface area contributed by atoms with Crippen molar-refractivity contribution < 1.29 is 13.6 Å². The Morgan fingerprint density at radius 1 is 1.09 bits per heavy atom. The Hall–Kier alpha value is -2.74. The van der Waals surface area contributed by atoms with Crippen LogP contribution in [0, 0.1) is 11.6 Å². The molecule has 8 heteroatoms. The third-order valence-electron chi connectivity index (χ3n) is 2.75. The summed E-state index contributed by atoms with van der Waals surface area (Å²) in [4.78, 5) is 15.8. The number of rotatable bonds is 3. The number of pyridine rings is 1. The normalized spacial score (nSPS) is 10.5. The summed E-state index contributed by atoms with van der Waals surface area (Å²) in [5.41, 5.74) is 0.408. The van der Waals surface area contributed by atoms with Crippen molar-refractivity contribution in [1.82, 2.24) is 15.2 Å². The van der Waals surface area contributed by atoms with E-state index >= 15 is 0 Å². The molecule has 0 aliphatic heterocycles. The minimum atomic E-state index is -0.808. The molecule has 3 aromatic rings. The van der Waals surface area contributed by atoms with Gasteiger partial charge in [-0.3, -0.25) is 15.1 Å². The van der Waals surface area contributed by atoms with Crippen molar-refractivity contribution in [3.63, 3.8) is 0 Å². The van der Waals surface area contributed by atoms with Gasteiger partial charge in [0.2, 0.25) is 5.13 Å². The lowest BCUT2D eigenvalue weighted by atomic mass is 10.2. The van der Waals surface area contributed by atoms with E-state index in [4.69, 9.17) is 0 Å². The van der Waals surface area contributed by atoms with Crippen LogP contribution in [0.15, 0.2) is 42.7 Å². The number of hydrogen-bond donors (Lipinski definition) is 1. The van der Waals surface area contributed by atoms with Crippen molar-refractivity contribution in [2.45, 2.75) is 0 Å². The summed E-state index contributed by atoms with van der Waals surface area (Å²) in [6.45, 7) is 0. The number of carbonyl (C=O) groups excluding carboxylic acids is 1. The fourth-order valence-electron chi connectivity index (χ4n) is 1.72. The van der Waals surface area contributed by atoms with Crippen LogP contribution in [0.1, 0.15) is 10.4 Å². The van der Waals surface area contributed by atoms with Gasteiger partial charge < -0.3 is 0 Å². The second kappa shape index (κ2) is 5.94. The van der Waals surface area contributed by atoms with Gasteiger partial charge in [0.1, 0.15) is 16.6 Å². The quantitative estimate of drug-likeness (QED) is 0.805. The van der Waals surface area contributed by atoms with Crippen molar-refractivity contribution in [3.8, 4) is 10.6 Å². The maximum Gasteiger partial charge on any atom is 0.260 e. The number of anilines is 1. The van der Waals surface area contributed by atoms with Crippen LogP contribution in [0.5, 0.6) is 0 Å². The van der Waals surface area contributed by atoms with Crippen LogP contribution in [0.2, 0.25) is 0 Å². The SMILES string of the molecule is O=C(Nc1nnc(-c2ccncc2)s1)c1cc(F)ccc1F. The van der Waals surface area contributed by atoms with Gasteiger partial charge >= 0.3 is 0 Å². The van der Waals surface area contributed by atoms with Crippen LogP contribution in [-0.4, -0.2) is 21.1 Å². The first kappa shape index (κ1) is 14.2. The number of aromatic nitrogens is 3. The average molecular weight is 318 g/mol. The number of nitrogens with one attached hydrogen (secondary N) is 1. The maximum absolute atomic E-state index is 13.5. The molecule has 0 aliphatic carbocycles. The molecule has 22 heavy (non-hydrogen) atoms. The zero-order valence-corrected chi connectivity index (χ0v) is 11.8. The summed E-state index contributed by atoms with van der Waals surface area (Å²) in [6, 6.07) is 6.16. The summed E-state index contributed by atoms with van der Waals surface area (Å²) in [5.74, 6) is -2.28. The largest absolute Gasteiger partial charge is 0.296 e. The zero-order chi connectivity index (χ0) is 15.5. The van der Waals surface area contributed by atoms with E-state index < -0.39 is 17.5 Å². The molecule has 0 fully saturated rings. The Bertz CT molecular complexity index is 823. The summed E-state index contributed by atoms with van der Waals surface area (Å²) in [6.07, 6.45) is 3.22. The van der Waals surface area contributed by atoms with Gasteiger partial charge in [-0.1, -0.05) is 11.3 Å². The topological polar surface area (TPSA) is 67.8 Å². The highest BCUT2D eigenvalue weighted by Gasteiger charge is 2.15. The molecule has 2 heterocycles. The lowest BCUT2D eigenvalue weighted by Crippen LogP contribution is -2.13. The lowest BCUT2D eigenvalue weighted by Gasteiger charge is -2.02. The minimum Gasteiger partial charge on any atom is -0.296 e. The summed E-state index contributed by atoms with van der Waals surface area (Å²) in [7, 11) is 0. The van der Waals surface area contributed by atoms with Gasteiger partial charge in [0.25, 0.3) is 5.91 Å². The molecule has 0 atom stereocenters. The number of amides is 1. The molecule has 1 N–H and O–H groups in total. The minimum absolute atomic E-state index is 0.195. The van der Waals surface area contributed by atoms with Gasteiger partial charge in [0.15, 0.2) is 0 Å². The fraction of sp³-hybridized carbons (Fsp3) is 0. The standard InChI is InChI=1S/C14H8F2N4OS/c15-9-1-2-11(16)10(7-9)12(21)18-14-20-19-13(22-14)8-3-5-17-6-4-8/h1-7H,(H,18,20,21). The number of nitrogens with zero attached hydrogens (tertiary/aromatic N) is 3. The van der Waals surface area contributed by atoms with Crippen LogP contribution in [0.25, 0.3) is 10.6 Å². The predicted molar refractivity (Wildman–Crippen MR) is 77.5 cm³/mol. The van der Waals surface area contributed by atoms with E-state index in [0.717, 1.165) is 35.1 Å². The van der Waals surface area contributed by atoms with Crippen molar-refractivity contribution >= 4 is 22.4 Å². The van der Waals surface area contributed by atoms with Crippen molar-refractivity contribution in [1.29, 1.82) is 0 Å². The lowest BCUT2D eigenvalue weighted by molar-refractivity contribution is 0.102. The second-order valence-corrected chi connectivity index (χ2v) is 5.20. The highest BCUT2D eigenvalue weighted by Crippen LogP contribution is 2.26. The highest BCUT2D eigenvalue weighted by molar-refractivity contribution is 7.18. The molecule has 1 amide bonds. The van der Waals surface area contributed by atoms with Crippen molar-refractivity contribution in [2.24, 2.45) is 0 Å². The summed E-state index contributed by atoms with van der Waals surface area (Å²) in [5, 5.41) is 10.9. The summed E-state index contributed by atoms with van der Waals surface area (Å²) < 4.78 is 26.6. The van der Waals surface area contributed by atoms with E-state index in [0.29, 0.717) is 5.01 Å². The fourth-order valence-corrected chi connectivity index (χ4v) is 2.46. The van der Waals surface area contributed by atoms with E-state index in [9.17, 15) is 13.6 Å². The Balaban J connectivity index is 1.81. The van der Waals surface area contributed by atoms with E-state index in [1.165, 1.54) is 0 Å². The maximum atomic E-state index is 13.5. The van der Waals surface area contributed by atoms with Gasteiger partial charge in [-0.05, 0) is 30.3 Å². The molecular formula is C14H8F2N4OS. The number of benzene rings is 1. The monoisotopic (exact) mass is 318 g/mol. The molecule has 0 saturated carbocycles. The Labute approximate surface area is 127 Å². The summed E-state index contributed by atoms with van der Waals surface area (Å²) >= 11 is 1.12. The van der Waals surface area contributed by atoms with E-state index in [1.54, 1.807) is 24.5 Å². The molecule has 0 aliphatic rings. The molecule has 1 aromatic carbocycles. The van der Waals surface area contributed by atoms with Crippen LogP contribution in [0.4, 0.5) is 13.9 Å². The molecule has 5 nitrogen and oxygen atoms in total. The first-order valence-electron chi connectivity index (χ1n) is 6.14. The molecule has 0 spiro atoms. The van der Waals surface area contributed by atoms with Gasteiger partial charge in [0.05, 0.1) is 5.56 Å². The van der Waals surface area contributed by atoms with Crippen LogP contribution >= 0.6 is 11.3 Å². The van der Waals surface area contributed by atoms with Crippen LogP contribution < -0.4 is 5.32 Å². The smallest absolute Gasteiger partial charge is 0.260 e. The molecule has 2 aromatic heterocycles. The van der Waals surface area contributed by atoms with Gasteiger partial charge in [-0.15, -0.1) is 10.2 Å². The molecule has 0 unspecified atom stereocenters. The third kappa shape index (κ3) is 2.96. The van der Waals surface area contributed by atoms with Crippen molar-refractivity contribution in [2.75, 3.05) is 5.32 Å². The number of halogens is 2. The second-order valence-electron chi connectivity index (χ2n) is 4.23. The predicted octanol–water partition coefficient (Wildman–Crippen LogP) is 3.13. The number of carbonyl (C=O) groups is 1. The van der Waals surface area contributed by atoms with Gasteiger partial charge in [-0.25, -0.2) is 8.78 Å². The highest BCUT2D eigenvalue weighted by atomic mass is 32.1. The van der Waals surface area contributed by atoms with Crippen molar-refractivity contribution in [3.05, 3.63) is 59.9 Å². The van der Waals surface area contributed by atoms with Gasteiger partial charge in [0, 0.05) is 18.0 Å². The first-order valence-corrected chi connectivity index (χ1v) is 6.95. The Kier molecular flexibility index (Phi) is 3.84. The zero-order valence-electron chi connectivity index (χ0n) is 11.0. The molecule has 3 rings (SSSR count). The van der Waals surface area contributed by atoms with Crippen LogP contribution in [0.3, 0.4) is 0 Å². The average Bonchev–Trinajstić information content (AvgIpc) is 2.99. The molecule has 0 saturated heterocycles. The third-order valence-corrected chi connectivity index (χ3v) is 3.63. The van der Waals surface area contributed by atoms with E-state index in [2.05, 4.69) is 20.5 Å².